The van der Waals surface area contributed by atoms with Gasteiger partial charge in [0.15, 0.2) is 4.77 Å². The highest BCUT2D eigenvalue weighted by atomic mass is 32.1. The van der Waals surface area contributed by atoms with Gasteiger partial charge >= 0.3 is 5.97 Å². The van der Waals surface area contributed by atoms with Crippen LogP contribution >= 0.6 is 12.2 Å². The van der Waals surface area contributed by atoms with Gasteiger partial charge in [-0.3, -0.25) is 9.36 Å². The summed E-state index contributed by atoms with van der Waals surface area (Å²) in [6, 6.07) is 0. The van der Waals surface area contributed by atoms with Crippen LogP contribution in [-0.2, 0) is 6.54 Å². The fourth-order valence-corrected chi connectivity index (χ4v) is 2.53. The van der Waals surface area contributed by atoms with Crippen LogP contribution in [-0.4, -0.2) is 45.2 Å². The van der Waals surface area contributed by atoms with Crippen molar-refractivity contribution in [3.8, 4) is 0 Å². The molecule has 1 aliphatic rings. The first-order valence-corrected chi connectivity index (χ1v) is 6.78. The molecule has 1 aliphatic heterocycles. The number of carbonyl (C=O) groups is 1. The molecule has 0 radical (unpaired) electrons. The number of rotatable bonds is 4. The second-order valence-corrected chi connectivity index (χ2v) is 5.06. The third kappa shape index (κ3) is 3.30. The fraction of sp³-hybridized carbons (Fsp3) is 0.583. The third-order valence-corrected chi connectivity index (χ3v) is 3.72. The highest BCUT2D eigenvalue weighted by Gasteiger charge is 2.14. The lowest BCUT2D eigenvalue weighted by Crippen LogP contribution is -2.36. The Morgan fingerprint density at radius 1 is 1.32 bits per heavy atom. The summed E-state index contributed by atoms with van der Waals surface area (Å²) in [5.74, 6) is -1.23. The highest BCUT2D eigenvalue weighted by Crippen LogP contribution is 2.08. The lowest BCUT2D eigenvalue weighted by Gasteiger charge is -2.26. The van der Waals surface area contributed by atoms with Crippen LogP contribution in [0.15, 0.2) is 11.0 Å². The topological polar surface area (TPSA) is 78.3 Å². The van der Waals surface area contributed by atoms with Gasteiger partial charge in [-0.2, -0.15) is 0 Å². The zero-order valence-corrected chi connectivity index (χ0v) is 11.4. The smallest absolute Gasteiger partial charge is 0.342 e. The van der Waals surface area contributed by atoms with E-state index in [0.717, 1.165) is 25.8 Å². The van der Waals surface area contributed by atoms with Gasteiger partial charge < -0.3 is 15.0 Å². The number of aromatic carboxylic acids is 1. The van der Waals surface area contributed by atoms with Crippen molar-refractivity contribution in [1.29, 1.82) is 0 Å². The number of likely N-dealkylation sites (tertiary alicyclic amines) is 1. The van der Waals surface area contributed by atoms with Gasteiger partial charge in [-0.25, -0.2) is 4.79 Å². The molecular weight excluding hydrogens is 266 g/mol. The molecule has 0 amide bonds. The molecule has 1 saturated heterocycles. The van der Waals surface area contributed by atoms with Gasteiger partial charge in [0.05, 0.1) is 0 Å². The molecule has 0 atom stereocenters. The normalized spacial score (nSPS) is 16.4. The Labute approximate surface area is 115 Å². The van der Waals surface area contributed by atoms with Gasteiger partial charge in [0, 0.05) is 19.3 Å². The molecule has 0 aromatic carbocycles. The standard InChI is InChI=1S/C12H17N3O3S/c16-10-9(11(17)18)8-13-12(19)15(10)7-6-14-4-2-1-3-5-14/h8H,1-7H2,(H,13,19)(H,17,18). The maximum atomic E-state index is 12.0. The molecule has 0 spiro atoms. The van der Waals surface area contributed by atoms with Crippen molar-refractivity contribution in [2.75, 3.05) is 19.6 Å². The van der Waals surface area contributed by atoms with E-state index < -0.39 is 11.5 Å². The van der Waals surface area contributed by atoms with Crippen LogP contribution in [0, 0.1) is 4.77 Å². The van der Waals surface area contributed by atoms with E-state index in [4.69, 9.17) is 17.3 Å². The number of carboxylic acids is 1. The second kappa shape index (κ2) is 6.12. The minimum absolute atomic E-state index is 0.270. The monoisotopic (exact) mass is 283 g/mol. The van der Waals surface area contributed by atoms with Crippen molar-refractivity contribution in [1.82, 2.24) is 14.5 Å². The molecule has 7 heteroatoms. The Balaban J connectivity index is 2.15. The molecule has 2 rings (SSSR count). The van der Waals surface area contributed by atoms with Crippen LogP contribution in [0.4, 0.5) is 0 Å². The number of H-pyrrole nitrogens is 1. The van der Waals surface area contributed by atoms with Crippen molar-refractivity contribution >= 4 is 18.2 Å². The maximum Gasteiger partial charge on any atom is 0.342 e. The van der Waals surface area contributed by atoms with Crippen LogP contribution < -0.4 is 5.56 Å². The van der Waals surface area contributed by atoms with E-state index in [-0.39, 0.29) is 10.3 Å². The van der Waals surface area contributed by atoms with E-state index in [1.807, 2.05) is 0 Å². The summed E-state index contributed by atoms with van der Waals surface area (Å²) in [7, 11) is 0. The summed E-state index contributed by atoms with van der Waals surface area (Å²) < 4.78 is 1.60. The van der Waals surface area contributed by atoms with Crippen molar-refractivity contribution in [2.24, 2.45) is 0 Å². The number of aromatic nitrogens is 2. The van der Waals surface area contributed by atoms with Gasteiger partial charge in [-0.1, -0.05) is 6.42 Å². The summed E-state index contributed by atoms with van der Waals surface area (Å²) in [6.07, 6.45) is 4.77. The number of piperidine rings is 1. The van der Waals surface area contributed by atoms with E-state index in [2.05, 4.69) is 9.88 Å². The van der Waals surface area contributed by atoms with Gasteiger partial charge in [-0.05, 0) is 38.1 Å². The Morgan fingerprint density at radius 2 is 2.00 bits per heavy atom. The lowest BCUT2D eigenvalue weighted by atomic mass is 10.1. The minimum atomic E-state index is -1.23. The number of hydrogen-bond acceptors (Lipinski definition) is 4. The fourth-order valence-electron chi connectivity index (χ4n) is 2.29. The molecule has 6 nitrogen and oxygen atoms in total. The predicted molar refractivity (Wildman–Crippen MR) is 73.1 cm³/mol. The van der Waals surface area contributed by atoms with Crippen molar-refractivity contribution < 1.29 is 9.90 Å². The Bertz CT molecular complexity index is 572. The number of aromatic amines is 1. The van der Waals surface area contributed by atoms with Gasteiger partial charge in [0.1, 0.15) is 5.56 Å². The number of nitrogens with one attached hydrogen (secondary N) is 1. The number of nitrogens with zero attached hydrogens (tertiary/aromatic N) is 2. The molecular formula is C12H17N3O3S. The van der Waals surface area contributed by atoms with E-state index in [0.29, 0.717) is 6.54 Å². The first-order chi connectivity index (χ1) is 9.09. The molecule has 1 aromatic rings. The number of carboxylic acid groups (broad SMARTS) is 1. The van der Waals surface area contributed by atoms with Gasteiger partial charge in [0.25, 0.3) is 5.56 Å². The molecule has 0 unspecified atom stereocenters. The van der Waals surface area contributed by atoms with Crippen molar-refractivity contribution in [3.63, 3.8) is 0 Å². The summed E-state index contributed by atoms with van der Waals surface area (Å²) >= 11 is 5.05. The van der Waals surface area contributed by atoms with Gasteiger partial charge in [-0.15, -0.1) is 0 Å². The van der Waals surface area contributed by atoms with Crippen LogP contribution in [0.5, 0.6) is 0 Å². The van der Waals surface area contributed by atoms with Crippen LogP contribution in [0.1, 0.15) is 29.6 Å². The highest BCUT2D eigenvalue weighted by molar-refractivity contribution is 7.71. The quantitative estimate of drug-likeness (QED) is 0.809. The molecule has 0 aliphatic carbocycles. The SMILES string of the molecule is O=C(O)c1c[nH]c(=S)n(CCN2CCCCC2)c1=O. The first kappa shape index (κ1) is 14.0. The Hall–Kier alpha value is -1.47. The van der Waals surface area contributed by atoms with E-state index >= 15 is 0 Å². The van der Waals surface area contributed by atoms with E-state index in [1.54, 1.807) is 0 Å². The summed E-state index contributed by atoms with van der Waals surface area (Å²) in [6.45, 7) is 3.21. The first-order valence-electron chi connectivity index (χ1n) is 6.38. The number of hydrogen-bond donors (Lipinski definition) is 2. The lowest BCUT2D eigenvalue weighted by molar-refractivity contribution is 0.0693. The third-order valence-electron chi connectivity index (χ3n) is 3.38. The zero-order chi connectivity index (χ0) is 13.8. The summed E-state index contributed by atoms with van der Waals surface area (Å²) in [5.41, 5.74) is -0.805. The molecule has 0 saturated carbocycles. The average molecular weight is 283 g/mol. The van der Waals surface area contributed by atoms with Crippen LogP contribution in [0.2, 0.25) is 0 Å². The molecule has 0 bridgehead atoms. The zero-order valence-electron chi connectivity index (χ0n) is 10.6. The largest absolute Gasteiger partial charge is 0.477 e. The maximum absolute atomic E-state index is 12.0. The summed E-state index contributed by atoms with van der Waals surface area (Å²) in [5, 5.41) is 8.92. The average Bonchev–Trinajstić information content (AvgIpc) is 2.39. The van der Waals surface area contributed by atoms with Crippen LogP contribution in [0.3, 0.4) is 0 Å². The molecule has 19 heavy (non-hydrogen) atoms. The van der Waals surface area contributed by atoms with Crippen LogP contribution in [0.25, 0.3) is 0 Å². The minimum Gasteiger partial charge on any atom is -0.477 e. The molecule has 2 heterocycles. The molecule has 104 valence electrons. The summed E-state index contributed by atoms with van der Waals surface area (Å²) in [4.78, 5) is 27.8. The Morgan fingerprint density at radius 3 is 2.63 bits per heavy atom. The predicted octanol–water partition coefficient (Wildman–Crippen LogP) is 1.09. The molecule has 2 N–H and O–H groups in total. The van der Waals surface area contributed by atoms with E-state index in [1.165, 1.54) is 23.8 Å². The Kier molecular flexibility index (Phi) is 4.49. The van der Waals surface area contributed by atoms with Crippen molar-refractivity contribution in [3.05, 3.63) is 26.9 Å². The van der Waals surface area contributed by atoms with E-state index in [9.17, 15) is 9.59 Å². The van der Waals surface area contributed by atoms with Gasteiger partial charge in [0.2, 0.25) is 0 Å². The molecule has 1 fully saturated rings. The second-order valence-electron chi connectivity index (χ2n) is 4.67. The van der Waals surface area contributed by atoms with Crippen molar-refractivity contribution in [2.45, 2.75) is 25.8 Å². The molecule has 1 aromatic heterocycles.